The highest BCUT2D eigenvalue weighted by Gasteiger charge is 2.23. The molecule has 0 fully saturated rings. The summed E-state index contributed by atoms with van der Waals surface area (Å²) in [4.78, 5) is 10.6. The Balaban J connectivity index is 2.13. The molecule has 0 amide bonds. The lowest BCUT2D eigenvalue weighted by Crippen LogP contribution is -2.25. The van der Waals surface area contributed by atoms with Gasteiger partial charge in [-0.05, 0) is 42.7 Å². The average Bonchev–Trinajstić information content (AvgIpc) is 2.69. The zero-order valence-electron chi connectivity index (χ0n) is 14.9. The van der Waals surface area contributed by atoms with E-state index in [2.05, 4.69) is 0 Å². The number of para-hydroxylation sites is 1. The second kappa shape index (κ2) is 11.0. The van der Waals surface area contributed by atoms with Gasteiger partial charge in [-0.25, -0.2) is 4.79 Å². The summed E-state index contributed by atoms with van der Waals surface area (Å²) in [5.41, 5.74) is 0.619. The molecule has 0 aliphatic carbocycles. The first-order valence-corrected chi connectivity index (χ1v) is 8.73. The number of carboxylic acid groups (broad SMARTS) is 1. The first kappa shape index (κ1) is 20.5. The fourth-order valence-corrected chi connectivity index (χ4v) is 2.57. The smallest absolute Gasteiger partial charge is 0.327 e. The number of aliphatic carboxylic acids is 1. The Bertz CT molecular complexity index is 728. The van der Waals surface area contributed by atoms with E-state index >= 15 is 0 Å². The predicted octanol–water partition coefficient (Wildman–Crippen LogP) is 2.96. The van der Waals surface area contributed by atoms with E-state index in [0.29, 0.717) is 29.9 Å². The van der Waals surface area contributed by atoms with Crippen LogP contribution >= 0.6 is 0 Å². The number of hydrogen-bond donors (Lipinski definition) is 3. The molecule has 2 aromatic rings. The number of ether oxygens (including phenoxy) is 2. The van der Waals surface area contributed by atoms with Gasteiger partial charge in [0.15, 0.2) is 0 Å². The van der Waals surface area contributed by atoms with Gasteiger partial charge in [0.1, 0.15) is 30.3 Å². The normalized spacial score (nSPS) is 13.3. The number of rotatable bonds is 11. The van der Waals surface area contributed by atoms with Crippen LogP contribution in [0.3, 0.4) is 0 Å². The van der Waals surface area contributed by atoms with Gasteiger partial charge in [0.05, 0.1) is 6.61 Å². The molecule has 0 aliphatic rings. The van der Waals surface area contributed by atoms with Crippen LogP contribution in [0.5, 0.6) is 11.5 Å². The summed E-state index contributed by atoms with van der Waals surface area (Å²) in [5.74, 6) is 0.158. The van der Waals surface area contributed by atoms with E-state index in [1.165, 1.54) is 6.08 Å². The van der Waals surface area contributed by atoms with Crippen molar-refractivity contribution in [3.8, 4) is 11.5 Å². The second-order valence-electron chi connectivity index (χ2n) is 5.88. The van der Waals surface area contributed by atoms with Gasteiger partial charge in [0, 0.05) is 6.08 Å². The lowest BCUT2D eigenvalue weighted by Gasteiger charge is -2.24. The van der Waals surface area contributed by atoms with Crippen molar-refractivity contribution in [3.05, 3.63) is 72.3 Å². The Labute approximate surface area is 158 Å². The summed E-state index contributed by atoms with van der Waals surface area (Å²) in [6.07, 6.45) is 2.00. The van der Waals surface area contributed by atoms with Crippen molar-refractivity contribution in [1.82, 2.24) is 0 Å². The van der Waals surface area contributed by atoms with Crippen molar-refractivity contribution in [2.75, 3.05) is 13.2 Å². The molecule has 0 aromatic heterocycles. The van der Waals surface area contributed by atoms with Gasteiger partial charge < -0.3 is 24.8 Å². The maximum atomic E-state index is 10.8. The molecular formula is C21H24O6. The molecule has 2 aromatic carbocycles. The quantitative estimate of drug-likeness (QED) is 0.525. The molecule has 2 atom stereocenters. The predicted molar refractivity (Wildman–Crippen MR) is 101 cm³/mol. The molecule has 0 aliphatic heterocycles. The van der Waals surface area contributed by atoms with E-state index in [9.17, 15) is 9.90 Å². The summed E-state index contributed by atoms with van der Waals surface area (Å²) in [7, 11) is 0. The number of carboxylic acids is 1. The number of carbonyl (C=O) groups is 1. The van der Waals surface area contributed by atoms with E-state index in [1.807, 2.05) is 18.2 Å². The molecule has 2 rings (SSSR count). The fraction of sp³-hybridized carbons (Fsp3) is 0.286. The molecule has 0 bridgehead atoms. The molecule has 27 heavy (non-hydrogen) atoms. The molecule has 0 saturated carbocycles. The van der Waals surface area contributed by atoms with Gasteiger partial charge in [-0.2, -0.15) is 0 Å². The summed E-state index contributed by atoms with van der Waals surface area (Å²) >= 11 is 0. The zero-order valence-corrected chi connectivity index (χ0v) is 14.9. The van der Waals surface area contributed by atoms with Crippen molar-refractivity contribution in [2.45, 2.75) is 25.0 Å². The Morgan fingerprint density at radius 3 is 2.52 bits per heavy atom. The largest absolute Gasteiger partial charge is 0.491 e. The zero-order chi connectivity index (χ0) is 19.5. The van der Waals surface area contributed by atoms with Gasteiger partial charge in [-0.15, -0.1) is 0 Å². The van der Waals surface area contributed by atoms with Crippen LogP contribution in [0.1, 0.15) is 24.5 Å². The Morgan fingerprint density at radius 1 is 1.07 bits per heavy atom. The van der Waals surface area contributed by atoms with Gasteiger partial charge >= 0.3 is 5.97 Å². The molecule has 3 N–H and O–H groups in total. The van der Waals surface area contributed by atoms with Crippen LogP contribution in [0.4, 0.5) is 0 Å². The minimum atomic E-state index is -1.01. The number of aliphatic hydroxyl groups is 2. The summed E-state index contributed by atoms with van der Waals surface area (Å²) in [5, 5.41) is 28.4. The van der Waals surface area contributed by atoms with E-state index in [-0.39, 0.29) is 13.2 Å². The van der Waals surface area contributed by atoms with Gasteiger partial charge in [0.25, 0.3) is 0 Å². The highest BCUT2D eigenvalue weighted by Crippen LogP contribution is 2.27. The Morgan fingerprint density at radius 2 is 1.81 bits per heavy atom. The Kier molecular flexibility index (Phi) is 8.35. The molecule has 6 heteroatoms. The molecule has 0 unspecified atom stereocenters. The highest BCUT2D eigenvalue weighted by atomic mass is 16.5. The van der Waals surface area contributed by atoms with Crippen LogP contribution in [0.25, 0.3) is 0 Å². The second-order valence-corrected chi connectivity index (χ2v) is 5.88. The third-order valence-corrected chi connectivity index (χ3v) is 3.82. The Hall–Kier alpha value is -2.83. The van der Waals surface area contributed by atoms with Crippen molar-refractivity contribution in [3.63, 3.8) is 0 Å². The first-order chi connectivity index (χ1) is 13.1. The molecule has 0 spiro atoms. The lowest BCUT2D eigenvalue weighted by molar-refractivity contribution is -0.131. The van der Waals surface area contributed by atoms with Gasteiger partial charge in [0.2, 0.25) is 0 Å². The summed E-state index contributed by atoms with van der Waals surface area (Å²) < 4.78 is 11.3. The van der Waals surface area contributed by atoms with Crippen LogP contribution < -0.4 is 9.47 Å². The maximum absolute atomic E-state index is 10.8. The van der Waals surface area contributed by atoms with Crippen molar-refractivity contribution < 1.29 is 29.6 Å². The van der Waals surface area contributed by atoms with E-state index in [4.69, 9.17) is 19.7 Å². The standard InChI is InChI=1S/C21H24O6/c22-13-14-26-18-10-6-7-16(15-18)21(25)19(11-4-5-12-20(23)24)27-17-8-2-1-3-9-17/h1-3,5-10,12,15,19,21-22,25H,4,11,13-14H2,(H,23,24)/b12-5+/t19-,21-/m1/s1. The third-order valence-electron chi connectivity index (χ3n) is 3.82. The fourth-order valence-electron chi connectivity index (χ4n) is 2.57. The van der Waals surface area contributed by atoms with E-state index in [1.54, 1.807) is 36.4 Å². The van der Waals surface area contributed by atoms with E-state index in [0.717, 1.165) is 6.08 Å². The number of benzene rings is 2. The third kappa shape index (κ3) is 7.13. The summed E-state index contributed by atoms with van der Waals surface area (Å²) in [6.45, 7) is 0.0753. The maximum Gasteiger partial charge on any atom is 0.327 e. The number of allylic oxidation sites excluding steroid dienone is 1. The summed E-state index contributed by atoms with van der Waals surface area (Å²) in [6, 6.07) is 16.1. The molecule has 144 valence electrons. The topological polar surface area (TPSA) is 96.2 Å². The van der Waals surface area contributed by atoms with Crippen LogP contribution in [-0.4, -0.2) is 40.6 Å². The van der Waals surface area contributed by atoms with Crippen LogP contribution in [0, 0.1) is 0 Å². The number of hydrogen-bond acceptors (Lipinski definition) is 5. The molecule has 0 radical (unpaired) electrons. The van der Waals surface area contributed by atoms with Crippen molar-refractivity contribution in [1.29, 1.82) is 0 Å². The lowest BCUT2D eigenvalue weighted by atomic mass is 10.00. The monoisotopic (exact) mass is 372 g/mol. The SMILES string of the molecule is O=C(O)/C=C/CC[C@@H](Oc1ccccc1)[C@H](O)c1cccc(OCCO)c1. The molecule has 0 saturated heterocycles. The van der Waals surface area contributed by atoms with E-state index < -0.39 is 18.2 Å². The first-order valence-electron chi connectivity index (χ1n) is 8.73. The van der Waals surface area contributed by atoms with Crippen molar-refractivity contribution >= 4 is 5.97 Å². The van der Waals surface area contributed by atoms with Gasteiger partial charge in [-0.1, -0.05) is 36.4 Å². The average molecular weight is 372 g/mol. The van der Waals surface area contributed by atoms with Gasteiger partial charge in [-0.3, -0.25) is 0 Å². The van der Waals surface area contributed by atoms with Crippen molar-refractivity contribution in [2.24, 2.45) is 0 Å². The molecule has 6 nitrogen and oxygen atoms in total. The molecule has 0 heterocycles. The number of aliphatic hydroxyl groups excluding tert-OH is 2. The van der Waals surface area contributed by atoms with Crippen LogP contribution in [-0.2, 0) is 4.79 Å². The van der Waals surface area contributed by atoms with Crippen LogP contribution in [0.15, 0.2) is 66.7 Å². The minimum absolute atomic E-state index is 0.0948. The minimum Gasteiger partial charge on any atom is -0.491 e. The highest BCUT2D eigenvalue weighted by molar-refractivity contribution is 5.79. The van der Waals surface area contributed by atoms with Crippen LogP contribution in [0.2, 0.25) is 0 Å². The molecular weight excluding hydrogens is 348 g/mol.